The third-order valence-corrected chi connectivity index (χ3v) is 10.9. The molecule has 0 saturated carbocycles. The monoisotopic (exact) mass is 726 g/mol. The molecule has 0 spiro atoms. The van der Waals surface area contributed by atoms with Crippen LogP contribution in [0, 0.1) is 0 Å². The fourth-order valence-electron chi connectivity index (χ4n) is 8.25. The molecule has 268 valence electrons. The number of aromatic nitrogens is 1. The molecule has 0 amide bonds. The van der Waals surface area contributed by atoms with Gasteiger partial charge in [0.25, 0.3) is 0 Å². The normalized spacial score (nSPS) is 11.2. The Kier molecular flexibility index (Phi) is 8.91. The number of hydrogen-bond donors (Lipinski definition) is 0. The van der Waals surface area contributed by atoms with Crippen LogP contribution in [-0.2, 0) is 0 Å². The van der Waals surface area contributed by atoms with Crippen LogP contribution in [0.5, 0.6) is 0 Å². The van der Waals surface area contributed by atoms with Crippen LogP contribution in [0.4, 0.5) is 17.2 Å². The number of anilines is 3. The van der Waals surface area contributed by atoms with Crippen LogP contribution in [0.2, 0.25) is 0 Å². The smallest absolute Gasteiger partial charge is 0.137 e. The summed E-state index contributed by atoms with van der Waals surface area (Å²) in [5.41, 5.74) is 14.1. The molecule has 0 radical (unpaired) electrons. The van der Waals surface area contributed by atoms with E-state index in [4.69, 9.17) is 4.98 Å². The number of pyridine rings is 1. The zero-order valence-electron chi connectivity index (χ0n) is 31.3. The van der Waals surface area contributed by atoms with Gasteiger partial charge in [-0.15, -0.1) is 0 Å². The van der Waals surface area contributed by atoms with Crippen LogP contribution < -0.4 is 4.90 Å². The molecular weight excluding hydrogens is 689 g/mol. The number of nitrogens with zero attached hydrogens (tertiary/aromatic N) is 2. The second-order valence-corrected chi connectivity index (χ2v) is 14.4. The Hall–Kier alpha value is -7.55. The minimum atomic E-state index is 0.864. The molecule has 57 heavy (non-hydrogen) atoms. The fraction of sp³-hybridized carbons (Fsp3) is 0. The highest BCUT2D eigenvalue weighted by atomic mass is 15.2. The van der Waals surface area contributed by atoms with Crippen molar-refractivity contribution in [2.24, 2.45) is 0 Å². The quantitative estimate of drug-likeness (QED) is 0.145. The Bertz CT molecular complexity index is 2860. The van der Waals surface area contributed by atoms with Crippen molar-refractivity contribution in [2.45, 2.75) is 0 Å². The maximum Gasteiger partial charge on any atom is 0.137 e. The van der Waals surface area contributed by atoms with E-state index in [2.05, 4.69) is 217 Å². The summed E-state index contributed by atoms with van der Waals surface area (Å²) in [6.07, 6.45) is 1.86. The summed E-state index contributed by atoms with van der Waals surface area (Å²) in [6, 6.07) is 80.6. The standard InChI is InChI=1S/C55H38N2/c1-4-17-39(18-5-1)43-23-16-24-48(38-43)57(53-29-14-15-34-56-53)47-32-30-42(31-33-47)54-49-25-10-12-27-51(49)55(52-28-13-11-26-50(52)54)46-36-44(40-19-6-2-7-20-40)35-45(37-46)41-21-8-3-9-22-41/h1-38H. The predicted molar refractivity (Wildman–Crippen MR) is 241 cm³/mol. The minimum Gasteiger partial charge on any atom is -0.295 e. The Morgan fingerprint density at radius 1 is 0.263 bits per heavy atom. The molecule has 0 saturated heterocycles. The lowest BCUT2D eigenvalue weighted by atomic mass is 9.84. The number of hydrogen-bond acceptors (Lipinski definition) is 2. The fourth-order valence-corrected chi connectivity index (χ4v) is 8.25. The molecule has 1 aromatic heterocycles. The van der Waals surface area contributed by atoms with Crippen molar-refractivity contribution in [1.82, 2.24) is 4.98 Å². The average Bonchev–Trinajstić information content (AvgIpc) is 3.30. The maximum atomic E-state index is 4.81. The van der Waals surface area contributed by atoms with Crippen molar-refractivity contribution >= 4 is 38.7 Å². The second kappa shape index (κ2) is 14.9. The highest BCUT2D eigenvalue weighted by Gasteiger charge is 2.19. The molecular formula is C55H38N2. The van der Waals surface area contributed by atoms with Crippen molar-refractivity contribution < 1.29 is 0 Å². The number of fused-ring (bicyclic) bond motifs is 2. The first-order valence-corrected chi connectivity index (χ1v) is 19.5. The molecule has 10 aromatic rings. The third-order valence-electron chi connectivity index (χ3n) is 10.9. The lowest BCUT2D eigenvalue weighted by Gasteiger charge is -2.25. The summed E-state index contributed by atoms with van der Waals surface area (Å²) in [5, 5.41) is 4.91. The van der Waals surface area contributed by atoms with Gasteiger partial charge in [0.05, 0.1) is 0 Å². The van der Waals surface area contributed by atoms with Crippen LogP contribution >= 0.6 is 0 Å². The van der Waals surface area contributed by atoms with Crippen LogP contribution in [-0.4, -0.2) is 4.98 Å². The van der Waals surface area contributed by atoms with Crippen molar-refractivity contribution in [2.75, 3.05) is 4.90 Å². The first-order valence-electron chi connectivity index (χ1n) is 19.5. The van der Waals surface area contributed by atoms with Crippen molar-refractivity contribution in [3.8, 4) is 55.6 Å². The van der Waals surface area contributed by atoms with Gasteiger partial charge in [-0.3, -0.25) is 4.90 Å². The third kappa shape index (κ3) is 6.54. The molecule has 0 aliphatic rings. The lowest BCUT2D eigenvalue weighted by Crippen LogP contribution is -2.11. The zero-order valence-corrected chi connectivity index (χ0v) is 31.3. The molecule has 0 N–H and O–H groups in total. The first-order chi connectivity index (χ1) is 28.3. The molecule has 1 heterocycles. The Morgan fingerprint density at radius 3 is 1.21 bits per heavy atom. The number of benzene rings is 9. The van der Waals surface area contributed by atoms with E-state index >= 15 is 0 Å². The summed E-state index contributed by atoms with van der Waals surface area (Å²) in [6.45, 7) is 0. The van der Waals surface area contributed by atoms with Gasteiger partial charge in [-0.25, -0.2) is 4.98 Å². The van der Waals surface area contributed by atoms with E-state index in [1.165, 1.54) is 71.6 Å². The summed E-state index contributed by atoms with van der Waals surface area (Å²) in [4.78, 5) is 7.05. The van der Waals surface area contributed by atoms with Gasteiger partial charge < -0.3 is 0 Å². The molecule has 0 bridgehead atoms. The highest BCUT2D eigenvalue weighted by molar-refractivity contribution is 6.21. The summed E-state index contributed by atoms with van der Waals surface area (Å²) >= 11 is 0. The first kappa shape index (κ1) is 34.0. The Labute approximate surface area is 333 Å². The van der Waals surface area contributed by atoms with Crippen molar-refractivity contribution in [3.63, 3.8) is 0 Å². The van der Waals surface area contributed by atoms with Crippen LogP contribution in [0.15, 0.2) is 231 Å². The lowest BCUT2D eigenvalue weighted by molar-refractivity contribution is 1.18. The molecule has 0 atom stereocenters. The topological polar surface area (TPSA) is 16.1 Å². The Balaban J connectivity index is 1.14. The Morgan fingerprint density at radius 2 is 0.702 bits per heavy atom. The predicted octanol–water partition coefficient (Wildman–Crippen LogP) is 15.2. The van der Waals surface area contributed by atoms with Gasteiger partial charge in [0.1, 0.15) is 5.82 Å². The molecule has 10 rings (SSSR count). The molecule has 2 heteroatoms. The second-order valence-electron chi connectivity index (χ2n) is 14.4. The minimum absolute atomic E-state index is 0.864. The average molecular weight is 727 g/mol. The van der Waals surface area contributed by atoms with E-state index in [-0.39, 0.29) is 0 Å². The van der Waals surface area contributed by atoms with Crippen molar-refractivity contribution in [1.29, 1.82) is 0 Å². The number of rotatable bonds is 8. The molecule has 0 aliphatic heterocycles. The van der Waals surface area contributed by atoms with Gasteiger partial charge in [0.15, 0.2) is 0 Å². The summed E-state index contributed by atoms with van der Waals surface area (Å²) in [7, 11) is 0. The van der Waals surface area contributed by atoms with Crippen molar-refractivity contribution in [3.05, 3.63) is 231 Å². The summed E-state index contributed by atoms with van der Waals surface area (Å²) in [5.74, 6) is 0.864. The van der Waals surface area contributed by atoms with Gasteiger partial charge in [0, 0.05) is 17.6 Å². The van der Waals surface area contributed by atoms with Gasteiger partial charge in [-0.2, -0.15) is 0 Å². The van der Waals surface area contributed by atoms with Gasteiger partial charge in [-0.05, 0) is 132 Å². The van der Waals surface area contributed by atoms with E-state index in [0.29, 0.717) is 0 Å². The summed E-state index contributed by atoms with van der Waals surface area (Å²) < 4.78 is 0. The molecule has 2 nitrogen and oxygen atoms in total. The molecule has 0 fully saturated rings. The molecule has 9 aromatic carbocycles. The van der Waals surface area contributed by atoms with Gasteiger partial charge in [0.2, 0.25) is 0 Å². The molecule has 0 unspecified atom stereocenters. The zero-order chi connectivity index (χ0) is 38.0. The largest absolute Gasteiger partial charge is 0.295 e. The highest BCUT2D eigenvalue weighted by Crippen LogP contribution is 2.46. The van der Waals surface area contributed by atoms with Crippen LogP contribution in [0.1, 0.15) is 0 Å². The van der Waals surface area contributed by atoms with Crippen LogP contribution in [0.3, 0.4) is 0 Å². The van der Waals surface area contributed by atoms with E-state index in [0.717, 1.165) is 22.8 Å². The van der Waals surface area contributed by atoms with E-state index in [9.17, 15) is 0 Å². The molecule has 0 aliphatic carbocycles. The van der Waals surface area contributed by atoms with E-state index < -0.39 is 0 Å². The maximum absolute atomic E-state index is 4.81. The van der Waals surface area contributed by atoms with Gasteiger partial charge >= 0.3 is 0 Å². The van der Waals surface area contributed by atoms with Crippen LogP contribution in [0.25, 0.3) is 77.2 Å². The van der Waals surface area contributed by atoms with E-state index in [1.54, 1.807) is 0 Å². The van der Waals surface area contributed by atoms with E-state index in [1.807, 2.05) is 18.3 Å². The SMILES string of the molecule is c1ccc(-c2cc(-c3ccccc3)cc(-c3c4ccccc4c(-c4ccc(N(c5cccc(-c6ccccc6)c5)c5ccccn5)cc4)c4ccccc34)c2)cc1. The van der Waals surface area contributed by atoms with Gasteiger partial charge in [-0.1, -0.05) is 170 Å².